The molecule has 0 aromatic rings. The Bertz CT molecular complexity index is 124. The molecular formula is C2H4CaCl2N4S. The zero-order chi connectivity index (χ0) is 5.70. The van der Waals surface area contributed by atoms with Crippen LogP contribution in [0.5, 0.6) is 0 Å². The van der Waals surface area contributed by atoms with Crippen molar-refractivity contribution in [2.45, 2.75) is 0 Å². The molecule has 0 fully saturated rings. The molecule has 0 aliphatic heterocycles. The van der Waals surface area contributed by atoms with Crippen molar-refractivity contribution in [1.29, 1.82) is 5.41 Å². The van der Waals surface area contributed by atoms with E-state index in [1.165, 1.54) is 0 Å². The van der Waals surface area contributed by atoms with E-state index in [0.717, 1.165) is 0 Å². The van der Waals surface area contributed by atoms with Gasteiger partial charge in [-0.15, -0.1) is 5.10 Å². The standard InChI is InChI=1S/C2H4N4S.Ca.2ClH/c3-2(4)6-5-1-7;;;/h(H4,3,4,6);;2*1H/q;+2;;/p-2. The Morgan fingerprint density at radius 2 is 2.00 bits per heavy atom. The molecule has 0 aliphatic rings. The van der Waals surface area contributed by atoms with Crippen molar-refractivity contribution in [3.63, 3.8) is 0 Å². The molecule has 0 rings (SSSR count). The van der Waals surface area contributed by atoms with Crippen LogP contribution >= 0.6 is 12.2 Å². The third-order valence-electron chi connectivity index (χ3n) is 0.222. The van der Waals surface area contributed by atoms with Gasteiger partial charge >= 0.3 is 37.7 Å². The van der Waals surface area contributed by atoms with Gasteiger partial charge in [0.05, 0.1) is 5.16 Å². The molecular weight excluding hydrogens is 223 g/mol. The number of rotatable bonds is 1. The fourth-order valence-corrected chi connectivity index (χ4v) is 0.129. The van der Waals surface area contributed by atoms with Crippen LogP contribution in [0.2, 0.25) is 0 Å². The third-order valence-corrected chi connectivity index (χ3v) is 0.313. The maximum Gasteiger partial charge on any atom is 2.00 e. The maximum absolute atomic E-state index is 6.48. The third kappa shape index (κ3) is 23.1. The Morgan fingerprint density at radius 3 is 2.10 bits per heavy atom. The number of thiocarbonyl (C=S) groups is 1. The molecule has 54 valence electrons. The molecule has 0 heterocycles. The van der Waals surface area contributed by atoms with Gasteiger partial charge in [0.2, 0.25) is 5.96 Å². The van der Waals surface area contributed by atoms with Crippen LogP contribution < -0.4 is 36.0 Å². The smallest absolute Gasteiger partial charge is 1.00 e. The fourth-order valence-electron chi connectivity index (χ4n) is 0.0830. The number of nitrogens with one attached hydrogen (secondary N) is 2. The van der Waals surface area contributed by atoms with Gasteiger partial charge in [0.25, 0.3) is 0 Å². The van der Waals surface area contributed by atoms with Crippen LogP contribution in [0.1, 0.15) is 0 Å². The van der Waals surface area contributed by atoms with E-state index in [1.54, 1.807) is 0 Å². The van der Waals surface area contributed by atoms with E-state index in [-0.39, 0.29) is 68.5 Å². The summed E-state index contributed by atoms with van der Waals surface area (Å²) >= 11 is 4.14. The number of halogens is 2. The molecule has 0 aromatic heterocycles. The van der Waals surface area contributed by atoms with E-state index in [4.69, 9.17) is 11.1 Å². The summed E-state index contributed by atoms with van der Waals surface area (Å²) in [5, 5.41) is 11.6. The van der Waals surface area contributed by atoms with E-state index in [1.807, 2.05) is 5.16 Å². The molecule has 4 N–H and O–H groups in total. The minimum atomic E-state index is -0.239. The van der Waals surface area contributed by atoms with Gasteiger partial charge in [0.1, 0.15) is 0 Å². The van der Waals surface area contributed by atoms with Gasteiger partial charge < -0.3 is 30.5 Å². The topological polar surface area (TPSA) is 74.3 Å². The molecule has 0 spiro atoms. The first-order valence-electron chi connectivity index (χ1n) is 1.44. The number of guanidine groups is 1. The van der Waals surface area contributed by atoms with Crippen molar-refractivity contribution in [2.24, 2.45) is 10.8 Å². The number of hydrogen-bond acceptors (Lipinski definition) is 3. The van der Waals surface area contributed by atoms with Crippen LogP contribution in [0, 0.1) is 5.41 Å². The second-order valence-electron chi connectivity index (χ2n) is 0.729. The molecule has 0 saturated carbocycles. The Balaban J connectivity index is -0.0000000600. The predicted molar refractivity (Wildman–Crippen MR) is 35.8 cm³/mol. The van der Waals surface area contributed by atoms with Gasteiger partial charge in [-0.25, -0.2) is 5.43 Å². The van der Waals surface area contributed by atoms with Crippen LogP contribution in [-0.4, -0.2) is 48.9 Å². The zero-order valence-corrected chi connectivity index (χ0v) is 9.43. The van der Waals surface area contributed by atoms with E-state index in [0.29, 0.717) is 0 Å². The number of nitrogens with zero attached hydrogens (tertiary/aromatic N) is 1. The van der Waals surface area contributed by atoms with Crippen molar-refractivity contribution < 1.29 is 24.8 Å². The minimum absolute atomic E-state index is 0. The molecule has 8 heteroatoms. The van der Waals surface area contributed by atoms with Crippen molar-refractivity contribution in [3.05, 3.63) is 0 Å². The number of hydrazone groups is 1. The largest absolute Gasteiger partial charge is 2.00 e. The maximum atomic E-state index is 6.48. The molecule has 0 amide bonds. The molecule has 0 radical (unpaired) electrons. The van der Waals surface area contributed by atoms with Crippen molar-refractivity contribution in [3.8, 4) is 0 Å². The van der Waals surface area contributed by atoms with E-state index >= 15 is 0 Å². The van der Waals surface area contributed by atoms with Crippen LogP contribution in [-0.2, 0) is 0 Å². The Labute approximate surface area is 106 Å². The van der Waals surface area contributed by atoms with E-state index in [2.05, 4.69) is 22.7 Å². The van der Waals surface area contributed by atoms with Crippen LogP contribution in [0.25, 0.3) is 0 Å². The van der Waals surface area contributed by atoms with Gasteiger partial charge in [0.15, 0.2) is 0 Å². The first-order valence-corrected chi connectivity index (χ1v) is 1.85. The first kappa shape index (κ1) is 22.4. The summed E-state index contributed by atoms with van der Waals surface area (Å²) in [7, 11) is 0. The number of hydrogen-bond donors (Lipinski definition) is 3. The summed E-state index contributed by atoms with van der Waals surface area (Å²) in [6.07, 6.45) is 0. The summed E-state index contributed by atoms with van der Waals surface area (Å²) < 4.78 is 0. The summed E-state index contributed by atoms with van der Waals surface area (Å²) in [6, 6.07) is 0. The first-order chi connectivity index (χ1) is 3.27. The average Bonchev–Trinajstić information content (AvgIpc) is 1.61. The van der Waals surface area contributed by atoms with E-state index < -0.39 is 0 Å². The van der Waals surface area contributed by atoms with Gasteiger partial charge in [-0.3, -0.25) is 5.41 Å². The molecule has 0 atom stereocenters. The molecule has 4 nitrogen and oxygen atoms in total. The van der Waals surface area contributed by atoms with Crippen LogP contribution in [0.15, 0.2) is 5.10 Å². The molecule has 0 saturated heterocycles. The molecule has 0 bridgehead atoms. The van der Waals surface area contributed by atoms with E-state index in [9.17, 15) is 0 Å². The second-order valence-corrected chi connectivity index (χ2v) is 0.911. The minimum Gasteiger partial charge on any atom is -1.00 e. The molecule has 0 unspecified atom stereocenters. The zero-order valence-electron chi connectivity index (χ0n) is 4.90. The SMILES string of the molecule is N=C(N)NN=C=S.[Ca+2].[Cl-].[Cl-]. The summed E-state index contributed by atoms with van der Waals surface area (Å²) in [5.74, 6) is -0.239. The Morgan fingerprint density at radius 1 is 1.60 bits per heavy atom. The fraction of sp³-hybridized carbons (Fsp3) is 0. The van der Waals surface area contributed by atoms with Crippen molar-refractivity contribution in [2.75, 3.05) is 0 Å². The molecule has 10 heavy (non-hydrogen) atoms. The quantitative estimate of drug-likeness (QED) is 0.137. The number of isothiocyanates is 1. The normalized spacial score (nSPS) is 4.40. The molecule has 0 aliphatic carbocycles. The van der Waals surface area contributed by atoms with Gasteiger partial charge in [0, 0.05) is 0 Å². The van der Waals surface area contributed by atoms with Crippen molar-refractivity contribution in [1.82, 2.24) is 5.43 Å². The van der Waals surface area contributed by atoms with Gasteiger partial charge in [-0.05, 0) is 12.2 Å². The van der Waals surface area contributed by atoms with Crippen LogP contribution in [0.3, 0.4) is 0 Å². The van der Waals surface area contributed by atoms with Crippen molar-refractivity contribution >= 4 is 61.1 Å². The predicted octanol–water partition coefficient (Wildman–Crippen LogP) is -6.89. The molecule has 0 aromatic carbocycles. The second kappa shape index (κ2) is 16.5. The number of nitrogens with two attached hydrogens (primary N) is 1. The monoisotopic (exact) mass is 226 g/mol. The summed E-state index contributed by atoms with van der Waals surface area (Å²) in [5.41, 5.74) is 6.84. The van der Waals surface area contributed by atoms with Crippen LogP contribution in [0.4, 0.5) is 0 Å². The Hall–Kier alpha value is 0.910. The Kier molecular flexibility index (Phi) is 37.0. The average molecular weight is 227 g/mol. The van der Waals surface area contributed by atoms with Gasteiger partial charge in [-0.2, -0.15) is 0 Å². The van der Waals surface area contributed by atoms with Gasteiger partial charge in [-0.1, -0.05) is 0 Å². The summed E-state index contributed by atoms with van der Waals surface area (Å²) in [4.78, 5) is 0. The summed E-state index contributed by atoms with van der Waals surface area (Å²) in [6.45, 7) is 0.